The second kappa shape index (κ2) is 6.64. The zero-order valence-corrected chi connectivity index (χ0v) is 13.6. The summed E-state index contributed by atoms with van der Waals surface area (Å²) < 4.78 is 5.84. The van der Waals surface area contributed by atoms with Gasteiger partial charge in [0.2, 0.25) is 5.56 Å². The van der Waals surface area contributed by atoms with Gasteiger partial charge in [0.25, 0.3) is 0 Å². The van der Waals surface area contributed by atoms with Gasteiger partial charge in [0.15, 0.2) is 6.29 Å². The summed E-state index contributed by atoms with van der Waals surface area (Å²) in [6, 6.07) is 10.9. The first kappa shape index (κ1) is 15.8. The number of pyridine rings is 2. The quantitative estimate of drug-likeness (QED) is 0.541. The van der Waals surface area contributed by atoms with Crippen LogP contribution in [0.3, 0.4) is 0 Å². The smallest absolute Gasteiger partial charge is 0.248 e. The van der Waals surface area contributed by atoms with Gasteiger partial charge in [0.1, 0.15) is 12.4 Å². The Morgan fingerprint density at radius 1 is 1.19 bits per heavy atom. The number of carbonyl (C=O) groups excluding carboxylic acids is 1. The van der Waals surface area contributed by atoms with Crippen LogP contribution in [0.1, 0.15) is 15.9 Å². The highest BCUT2D eigenvalue weighted by molar-refractivity contribution is 5.89. The molecule has 26 heavy (non-hydrogen) atoms. The summed E-state index contributed by atoms with van der Waals surface area (Å²) in [7, 11) is 0. The number of H-pyrrole nitrogens is 2. The van der Waals surface area contributed by atoms with Gasteiger partial charge in [0, 0.05) is 35.6 Å². The molecular weight excluding hydrogens is 332 g/mol. The van der Waals surface area contributed by atoms with E-state index in [1.807, 2.05) is 30.3 Å². The van der Waals surface area contributed by atoms with Crippen LogP contribution in [0.2, 0.25) is 0 Å². The fraction of sp³-hybridized carbons (Fsp3) is 0.0526. The lowest BCUT2D eigenvalue weighted by Crippen LogP contribution is -2.08. The Hall–Kier alpha value is -3.74. The maximum atomic E-state index is 11.4. The molecule has 3 heterocycles. The van der Waals surface area contributed by atoms with E-state index in [1.165, 1.54) is 12.3 Å². The van der Waals surface area contributed by atoms with Crippen LogP contribution < -0.4 is 10.3 Å². The molecule has 0 saturated heterocycles. The molecule has 7 nitrogen and oxygen atoms in total. The first-order valence-electron chi connectivity index (χ1n) is 7.93. The third-order valence-electron chi connectivity index (χ3n) is 4.08. The average Bonchev–Trinajstić information content (AvgIpc) is 3.21. The van der Waals surface area contributed by atoms with Gasteiger partial charge in [-0.2, -0.15) is 5.10 Å². The van der Waals surface area contributed by atoms with Crippen LogP contribution in [-0.4, -0.2) is 26.5 Å². The molecule has 0 radical (unpaired) electrons. The van der Waals surface area contributed by atoms with E-state index in [4.69, 9.17) is 4.74 Å². The van der Waals surface area contributed by atoms with E-state index >= 15 is 0 Å². The summed E-state index contributed by atoms with van der Waals surface area (Å²) in [5.41, 5.74) is 2.19. The third kappa shape index (κ3) is 2.86. The Balaban J connectivity index is 1.79. The molecule has 7 heteroatoms. The number of nitrogens with one attached hydrogen (secondary N) is 2. The monoisotopic (exact) mass is 346 g/mol. The maximum absolute atomic E-state index is 11.4. The standard InChI is InChI=1S/C19H14N4O3/c24-10-13-7-18(25)20-9-17(13)26-11-15-14-4-2-1-3-12(14)8-21-19(15)16-5-6-22-23-16/h1-10H,11H2,(H,20,25)(H,22,23). The van der Waals surface area contributed by atoms with E-state index < -0.39 is 0 Å². The second-order valence-corrected chi connectivity index (χ2v) is 5.67. The van der Waals surface area contributed by atoms with Gasteiger partial charge < -0.3 is 9.72 Å². The molecule has 0 spiro atoms. The Morgan fingerprint density at radius 3 is 2.88 bits per heavy atom. The number of aromatic nitrogens is 4. The number of rotatable bonds is 5. The van der Waals surface area contributed by atoms with Crippen molar-refractivity contribution in [2.45, 2.75) is 6.61 Å². The lowest BCUT2D eigenvalue weighted by molar-refractivity contribution is 0.111. The fourth-order valence-electron chi connectivity index (χ4n) is 2.83. The van der Waals surface area contributed by atoms with E-state index in [9.17, 15) is 9.59 Å². The number of benzene rings is 1. The highest BCUT2D eigenvalue weighted by Crippen LogP contribution is 2.28. The van der Waals surface area contributed by atoms with Gasteiger partial charge in [0.05, 0.1) is 17.0 Å². The second-order valence-electron chi connectivity index (χ2n) is 5.67. The van der Waals surface area contributed by atoms with Gasteiger partial charge >= 0.3 is 0 Å². The maximum Gasteiger partial charge on any atom is 0.248 e. The molecule has 2 N–H and O–H groups in total. The summed E-state index contributed by atoms with van der Waals surface area (Å²) in [6.45, 7) is 0.176. The summed E-state index contributed by atoms with van der Waals surface area (Å²) in [4.78, 5) is 29.6. The van der Waals surface area contributed by atoms with Gasteiger partial charge in [-0.05, 0) is 11.5 Å². The van der Waals surface area contributed by atoms with Crippen molar-refractivity contribution in [3.63, 3.8) is 0 Å². The summed E-state index contributed by atoms with van der Waals surface area (Å²) in [5.74, 6) is 0.308. The van der Waals surface area contributed by atoms with Gasteiger partial charge in [-0.15, -0.1) is 0 Å². The molecule has 4 aromatic rings. The molecule has 0 unspecified atom stereocenters. The molecule has 0 aliphatic rings. The van der Waals surface area contributed by atoms with E-state index in [0.29, 0.717) is 12.0 Å². The van der Waals surface area contributed by atoms with E-state index in [2.05, 4.69) is 20.2 Å². The minimum absolute atomic E-state index is 0.176. The summed E-state index contributed by atoms with van der Waals surface area (Å²) >= 11 is 0. The molecule has 0 aliphatic heterocycles. The SMILES string of the molecule is O=Cc1cc(=O)[nH]cc1OCc1c(-c2ccn[nH]2)ncc2ccccc12. The number of hydrogen-bond donors (Lipinski definition) is 2. The van der Waals surface area contributed by atoms with E-state index in [-0.39, 0.29) is 17.7 Å². The zero-order valence-electron chi connectivity index (χ0n) is 13.6. The van der Waals surface area contributed by atoms with Gasteiger partial charge in [-0.25, -0.2) is 0 Å². The predicted molar refractivity (Wildman–Crippen MR) is 96.1 cm³/mol. The highest BCUT2D eigenvalue weighted by Gasteiger charge is 2.14. The van der Waals surface area contributed by atoms with Crippen molar-refractivity contribution < 1.29 is 9.53 Å². The van der Waals surface area contributed by atoms with Crippen LogP contribution in [0.4, 0.5) is 0 Å². The molecule has 0 bridgehead atoms. The lowest BCUT2D eigenvalue weighted by atomic mass is 10.0. The normalized spacial score (nSPS) is 10.8. The summed E-state index contributed by atoms with van der Waals surface area (Å²) in [5, 5.41) is 8.87. The van der Waals surface area contributed by atoms with Crippen molar-refractivity contribution in [1.29, 1.82) is 0 Å². The van der Waals surface area contributed by atoms with Crippen molar-refractivity contribution in [1.82, 2.24) is 20.2 Å². The Labute approximate surface area is 147 Å². The Kier molecular flexibility index (Phi) is 4.03. The molecule has 0 aliphatic carbocycles. The van der Waals surface area contributed by atoms with Crippen LogP contribution in [0.25, 0.3) is 22.2 Å². The van der Waals surface area contributed by atoms with Crippen LogP contribution in [0.5, 0.6) is 5.75 Å². The predicted octanol–water partition coefficient (Wildman–Crippen LogP) is 2.70. The Morgan fingerprint density at radius 2 is 2.08 bits per heavy atom. The van der Waals surface area contributed by atoms with Crippen molar-refractivity contribution in [2.75, 3.05) is 0 Å². The van der Waals surface area contributed by atoms with Crippen molar-refractivity contribution in [3.05, 3.63) is 76.5 Å². The zero-order chi connectivity index (χ0) is 17.9. The fourth-order valence-corrected chi connectivity index (χ4v) is 2.83. The minimum Gasteiger partial charge on any atom is -0.487 e. The van der Waals surface area contributed by atoms with Crippen LogP contribution in [0, 0.1) is 0 Å². The number of fused-ring (bicyclic) bond motifs is 1. The van der Waals surface area contributed by atoms with Crippen LogP contribution in [0.15, 0.2) is 59.8 Å². The lowest BCUT2D eigenvalue weighted by Gasteiger charge is -2.13. The van der Waals surface area contributed by atoms with Gasteiger partial charge in [-0.3, -0.25) is 19.7 Å². The number of carbonyl (C=O) groups is 1. The molecule has 0 atom stereocenters. The van der Waals surface area contributed by atoms with Crippen molar-refractivity contribution in [2.24, 2.45) is 0 Å². The molecule has 0 saturated carbocycles. The number of nitrogens with zero attached hydrogens (tertiary/aromatic N) is 2. The number of aldehydes is 1. The largest absolute Gasteiger partial charge is 0.487 e. The minimum atomic E-state index is -0.357. The van der Waals surface area contributed by atoms with E-state index in [0.717, 1.165) is 27.7 Å². The highest BCUT2D eigenvalue weighted by atomic mass is 16.5. The topological polar surface area (TPSA) is 101 Å². The molecule has 0 fully saturated rings. The average molecular weight is 346 g/mol. The molecule has 3 aromatic heterocycles. The molecular formula is C19H14N4O3. The number of hydrogen-bond acceptors (Lipinski definition) is 5. The van der Waals surface area contributed by atoms with E-state index in [1.54, 1.807) is 12.4 Å². The van der Waals surface area contributed by atoms with Crippen LogP contribution in [-0.2, 0) is 6.61 Å². The molecule has 1 aromatic carbocycles. The Bertz CT molecular complexity index is 1130. The third-order valence-corrected chi connectivity index (χ3v) is 4.08. The van der Waals surface area contributed by atoms with Crippen LogP contribution >= 0.6 is 0 Å². The summed E-state index contributed by atoms with van der Waals surface area (Å²) in [6.07, 6.45) is 5.44. The molecule has 0 amide bonds. The number of aromatic amines is 2. The number of ether oxygens (including phenoxy) is 1. The van der Waals surface area contributed by atoms with Crippen molar-refractivity contribution >= 4 is 17.1 Å². The molecule has 4 rings (SSSR count). The van der Waals surface area contributed by atoms with Crippen molar-refractivity contribution in [3.8, 4) is 17.1 Å². The first-order chi connectivity index (χ1) is 12.8. The van der Waals surface area contributed by atoms with Gasteiger partial charge in [-0.1, -0.05) is 24.3 Å². The first-order valence-corrected chi connectivity index (χ1v) is 7.93. The molecule has 128 valence electrons.